The number of carbonyl (C=O) groups excluding carboxylic acids is 4. The average molecular weight is 429 g/mol. The van der Waals surface area contributed by atoms with Crippen LogP contribution in [-0.2, 0) is 38.1 Å². The molecule has 0 amide bonds. The maximum atomic E-state index is 12.1. The van der Waals surface area contributed by atoms with Crippen LogP contribution in [0.2, 0.25) is 0 Å². The van der Waals surface area contributed by atoms with Crippen molar-refractivity contribution in [2.24, 2.45) is 5.92 Å². The van der Waals surface area contributed by atoms with E-state index >= 15 is 0 Å². The van der Waals surface area contributed by atoms with Crippen molar-refractivity contribution in [3.8, 4) is 0 Å². The van der Waals surface area contributed by atoms with Crippen molar-refractivity contribution in [3.63, 3.8) is 0 Å². The number of methoxy groups -OCH3 is 1. The third kappa shape index (κ3) is 15.7. The second-order valence-corrected chi connectivity index (χ2v) is 6.90. The highest BCUT2D eigenvalue weighted by atomic mass is 16.6. The molecule has 0 radical (unpaired) electrons. The summed E-state index contributed by atoms with van der Waals surface area (Å²) in [5.41, 5.74) is 0. The zero-order chi connectivity index (χ0) is 22.6. The van der Waals surface area contributed by atoms with Crippen LogP contribution in [0, 0.1) is 5.92 Å². The van der Waals surface area contributed by atoms with Gasteiger partial charge in [0.15, 0.2) is 0 Å². The van der Waals surface area contributed by atoms with Gasteiger partial charge in [0.25, 0.3) is 0 Å². The molecule has 0 N–H and O–H groups in total. The van der Waals surface area contributed by atoms with Crippen molar-refractivity contribution in [1.82, 2.24) is 0 Å². The van der Waals surface area contributed by atoms with Gasteiger partial charge >= 0.3 is 17.9 Å². The lowest BCUT2D eigenvalue weighted by molar-refractivity contribution is -0.155. The number of rotatable bonds is 18. The third-order valence-corrected chi connectivity index (χ3v) is 4.33. The van der Waals surface area contributed by atoms with E-state index in [0.29, 0.717) is 6.42 Å². The molecule has 1 atom stereocenters. The van der Waals surface area contributed by atoms with Crippen LogP contribution in [0.4, 0.5) is 0 Å². The standard InChI is InChI=1S/C22H36O8/c1-4-5-6-7-8-9-10-11-19(18(2)23)22(26)30-17-16-29-21(25)13-12-20(24)28-15-14-27-3/h12-13,19H,4-11,14-17H2,1-3H3/b13-12+. The van der Waals surface area contributed by atoms with Gasteiger partial charge < -0.3 is 18.9 Å². The van der Waals surface area contributed by atoms with Gasteiger partial charge in [-0.3, -0.25) is 9.59 Å². The number of unbranched alkanes of at least 4 members (excludes halogenated alkanes) is 6. The highest BCUT2D eigenvalue weighted by molar-refractivity contribution is 5.97. The second kappa shape index (κ2) is 18.8. The molecule has 0 aromatic rings. The molecule has 30 heavy (non-hydrogen) atoms. The van der Waals surface area contributed by atoms with Gasteiger partial charge in [-0.2, -0.15) is 0 Å². The summed E-state index contributed by atoms with van der Waals surface area (Å²) in [4.78, 5) is 46.6. The molecule has 172 valence electrons. The summed E-state index contributed by atoms with van der Waals surface area (Å²) < 4.78 is 19.4. The predicted octanol–water partition coefficient (Wildman–Crippen LogP) is 3.16. The van der Waals surface area contributed by atoms with E-state index in [0.717, 1.165) is 31.4 Å². The van der Waals surface area contributed by atoms with Crippen LogP contribution >= 0.6 is 0 Å². The van der Waals surface area contributed by atoms with Crippen LogP contribution < -0.4 is 0 Å². The molecule has 0 aromatic carbocycles. The summed E-state index contributed by atoms with van der Waals surface area (Å²) in [5.74, 6) is -3.05. The smallest absolute Gasteiger partial charge is 0.331 e. The number of hydrogen-bond donors (Lipinski definition) is 0. The van der Waals surface area contributed by atoms with Gasteiger partial charge in [0.1, 0.15) is 31.5 Å². The Morgan fingerprint density at radius 2 is 1.23 bits per heavy atom. The summed E-state index contributed by atoms with van der Waals surface area (Å²) in [7, 11) is 1.47. The Bertz CT molecular complexity index is 541. The van der Waals surface area contributed by atoms with Crippen LogP contribution in [0.25, 0.3) is 0 Å². The Hall–Kier alpha value is -2.22. The van der Waals surface area contributed by atoms with Crippen LogP contribution in [0.1, 0.15) is 65.2 Å². The predicted molar refractivity (Wildman–Crippen MR) is 111 cm³/mol. The first-order valence-electron chi connectivity index (χ1n) is 10.6. The fourth-order valence-electron chi connectivity index (χ4n) is 2.64. The lowest BCUT2D eigenvalue weighted by atomic mass is 9.97. The molecule has 0 aromatic heterocycles. The molecule has 0 saturated heterocycles. The summed E-state index contributed by atoms with van der Waals surface area (Å²) in [6.45, 7) is 3.57. The molecule has 1 unspecified atom stereocenters. The van der Waals surface area contributed by atoms with Gasteiger partial charge in [0.2, 0.25) is 0 Å². The molecule has 0 spiro atoms. The average Bonchev–Trinajstić information content (AvgIpc) is 2.71. The number of esters is 3. The van der Waals surface area contributed by atoms with Gasteiger partial charge in [0, 0.05) is 19.3 Å². The monoisotopic (exact) mass is 428 g/mol. The van der Waals surface area contributed by atoms with Gasteiger partial charge in [-0.15, -0.1) is 0 Å². The molecule has 8 nitrogen and oxygen atoms in total. The molecular weight excluding hydrogens is 392 g/mol. The maximum Gasteiger partial charge on any atom is 0.331 e. The normalized spacial score (nSPS) is 11.8. The minimum atomic E-state index is -0.780. The van der Waals surface area contributed by atoms with Crippen molar-refractivity contribution in [3.05, 3.63) is 12.2 Å². The molecule has 0 aliphatic rings. The largest absolute Gasteiger partial charge is 0.462 e. The van der Waals surface area contributed by atoms with Crippen molar-refractivity contribution in [2.75, 3.05) is 33.5 Å². The Morgan fingerprint density at radius 1 is 0.733 bits per heavy atom. The van der Waals surface area contributed by atoms with E-state index in [2.05, 4.69) is 6.92 Å². The van der Waals surface area contributed by atoms with E-state index in [4.69, 9.17) is 18.9 Å². The minimum absolute atomic E-state index is 0.0842. The summed E-state index contributed by atoms with van der Waals surface area (Å²) in [5, 5.41) is 0. The van der Waals surface area contributed by atoms with Gasteiger partial charge in [0.05, 0.1) is 6.61 Å². The highest BCUT2D eigenvalue weighted by Crippen LogP contribution is 2.15. The summed E-state index contributed by atoms with van der Waals surface area (Å²) in [6, 6.07) is 0. The molecule has 0 heterocycles. The lowest BCUT2D eigenvalue weighted by Gasteiger charge is -2.13. The highest BCUT2D eigenvalue weighted by Gasteiger charge is 2.24. The van der Waals surface area contributed by atoms with Crippen molar-refractivity contribution >= 4 is 23.7 Å². The molecule has 0 bridgehead atoms. The first-order chi connectivity index (χ1) is 14.4. The number of ketones is 1. The fourth-order valence-corrected chi connectivity index (χ4v) is 2.64. The molecule has 0 aliphatic heterocycles. The van der Waals surface area contributed by atoms with Crippen LogP contribution in [0.5, 0.6) is 0 Å². The van der Waals surface area contributed by atoms with E-state index in [1.54, 1.807) is 0 Å². The van der Waals surface area contributed by atoms with Crippen LogP contribution in [-0.4, -0.2) is 57.2 Å². The van der Waals surface area contributed by atoms with Crippen LogP contribution in [0.3, 0.4) is 0 Å². The van der Waals surface area contributed by atoms with E-state index in [1.807, 2.05) is 0 Å². The summed E-state index contributed by atoms with van der Waals surface area (Å²) >= 11 is 0. The van der Waals surface area contributed by atoms with E-state index in [-0.39, 0.29) is 32.2 Å². The Kier molecular flexibility index (Phi) is 17.4. The van der Waals surface area contributed by atoms with E-state index in [9.17, 15) is 19.2 Å². The fraction of sp³-hybridized carbons (Fsp3) is 0.727. The zero-order valence-corrected chi connectivity index (χ0v) is 18.5. The molecule has 0 aliphatic carbocycles. The van der Waals surface area contributed by atoms with E-state index in [1.165, 1.54) is 39.7 Å². The van der Waals surface area contributed by atoms with Crippen molar-refractivity contribution < 1.29 is 38.1 Å². The quantitative estimate of drug-likeness (QED) is 0.108. The molecule has 0 saturated carbocycles. The molecule has 0 fully saturated rings. The number of ether oxygens (including phenoxy) is 4. The summed E-state index contributed by atoms with van der Waals surface area (Å²) in [6.07, 6.45) is 10.1. The molecule has 0 rings (SSSR count). The van der Waals surface area contributed by atoms with Crippen molar-refractivity contribution in [1.29, 1.82) is 0 Å². The maximum absolute atomic E-state index is 12.1. The number of hydrogen-bond acceptors (Lipinski definition) is 8. The van der Waals surface area contributed by atoms with Gasteiger partial charge in [-0.25, -0.2) is 9.59 Å². The third-order valence-electron chi connectivity index (χ3n) is 4.33. The number of Topliss-reactive ketones (excluding diaryl/α,β-unsaturated/α-hetero) is 1. The van der Waals surface area contributed by atoms with E-state index < -0.39 is 23.8 Å². The van der Waals surface area contributed by atoms with Crippen molar-refractivity contribution in [2.45, 2.75) is 65.2 Å². The Balaban J connectivity index is 4.02. The van der Waals surface area contributed by atoms with Crippen LogP contribution in [0.15, 0.2) is 12.2 Å². The van der Waals surface area contributed by atoms with Gasteiger partial charge in [-0.1, -0.05) is 51.9 Å². The van der Waals surface area contributed by atoms with Gasteiger partial charge in [-0.05, 0) is 13.3 Å². The second-order valence-electron chi connectivity index (χ2n) is 6.90. The topological polar surface area (TPSA) is 105 Å². The SMILES string of the molecule is CCCCCCCCCC(C(C)=O)C(=O)OCCOC(=O)/C=C/C(=O)OCCOC. The Morgan fingerprint density at radius 3 is 1.77 bits per heavy atom. The molecule has 8 heteroatoms. The zero-order valence-electron chi connectivity index (χ0n) is 18.5. The Labute approximate surface area is 179 Å². The first-order valence-corrected chi connectivity index (χ1v) is 10.6. The minimum Gasteiger partial charge on any atom is -0.462 e. The molecular formula is C22H36O8. The lowest BCUT2D eigenvalue weighted by Crippen LogP contribution is -2.26. The number of carbonyl (C=O) groups is 4. The first kappa shape index (κ1) is 27.8.